The van der Waals surface area contributed by atoms with E-state index < -0.39 is 92.0 Å². The van der Waals surface area contributed by atoms with E-state index in [4.69, 9.17) is 9.15 Å². The Labute approximate surface area is 239 Å². The average molecular weight is 590 g/mol. The Bertz CT molecular complexity index is 2010. The highest BCUT2D eigenvalue weighted by atomic mass is 16.5. The summed E-state index contributed by atoms with van der Waals surface area (Å²) in [5, 5.41) is 104. The van der Waals surface area contributed by atoms with Crippen LogP contribution < -0.4 is 10.2 Å². The highest BCUT2D eigenvalue weighted by Crippen LogP contribution is 2.54. The van der Waals surface area contributed by atoms with Gasteiger partial charge < -0.3 is 60.2 Å². The molecule has 10 N–H and O–H groups in total. The van der Waals surface area contributed by atoms with Crippen LogP contribution in [0.15, 0.2) is 63.8 Å². The molecule has 0 spiro atoms. The molecule has 0 aliphatic carbocycles. The Kier molecular flexibility index (Phi) is 6.06. The number of aromatic hydroxyl groups is 9. The molecule has 13 nitrogen and oxygen atoms in total. The summed E-state index contributed by atoms with van der Waals surface area (Å²) in [7, 11) is 0. The van der Waals surface area contributed by atoms with Crippen molar-refractivity contribution < 1.29 is 60.2 Å². The van der Waals surface area contributed by atoms with Crippen molar-refractivity contribution in [1.82, 2.24) is 0 Å². The molecule has 13 heteroatoms. The maximum absolute atomic E-state index is 13.7. The monoisotopic (exact) mass is 590 g/mol. The summed E-state index contributed by atoms with van der Waals surface area (Å²) in [6, 6.07) is 10.2. The summed E-state index contributed by atoms with van der Waals surface area (Å²) in [5.74, 6) is -8.29. The van der Waals surface area contributed by atoms with E-state index in [1.54, 1.807) is 0 Å². The Hall–Kier alpha value is -5.95. The van der Waals surface area contributed by atoms with E-state index in [0.717, 1.165) is 36.4 Å². The number of fused-ring (bicyclic) bond motifs is 2. The molecule has 0 amide bonds. The van der Waals surface area contributed by atoms with Crippen LogP contribution in [0.1, 0.15) is 28.7 Å². The lowest BCUT2D eigenvalue weighted by atomic mass is 9.78. The van der Waals surface area contributed by atoms with E-state index in [-0.39, 0.29) is 28.0 Å². The quantitative estimate of drug-likeness (QED) is 0.136. The zero-order chi connectivity index (χ0) is 30.9. The molecule has 6 rings (SSSR count). The van der Waals surface area contributed by atoms with E-state index in [0.29, 0.717) is 0 Å². The average Bonchev–Trinajstić information content (AvgIpc) is 2.97. The van der Waals surface area contributed by atoms with Gasteiger partial charge in [0.1, 0.15) is 6.10 Å². The molecule has 5 aromatic rings. The zero-order valence-electron chi connectivity index (χ0n) is 21.6. The third-order valence-electron chi connectivity index (χ3n) is 7.40. The third-order valence-corrected chi connectivity index (χ3v) is 7.40. The van der Waals surface area contributed by atoms with Gasteiger partial charge in [-0.25, -0.2) is 0 Å². The van der Waals surface area contributed by atoms with Gasteiger partial charge in [-0.15, -0.1) is 0 Å². The second-order valence-corrected chi connectivity index (χ2v) is 9.96. The number of phenolic OH excluding ortho intramolecular Hbond substituents is 8. The summed E-state index contributed by atoms with van der Waals surface area (Å²) in [4.78, 5) is 13.7. The smallest absolute Gasteiger partial charge is 0.235 e. The summed E-state index contributed by atoms with van der Waals surface area (Å²) in [6.45, 7) is 0. The van der Waals surface area contributed by atoms with Crippen LogP contribution in [0.25, 0.3) is 22.3 Å². The molecule has 1 aliphatic heterocycles. The largest absolute Gasteiger partial charge is 0.504 e. The number of aliphatic hydroxyl groups is 1. The Balaban J connectivity index is 1.65. The molecule has 0 saturated heterocycles. The predicted molar refractivity (Wildman–Crippen MR) is 147 cm³/mol. The molecule has 0 saturated carbocycles. The first-order valence-corrected chi connectivity index (χ1v) is 12.6. The Morgan fingerprint density at radius 2 is 1.26 bits per heavy atom. The summed E-state index contributed by atoms with van der Waals surface area (Å²) in [6.07, 6.45) is -3.05. The van der Waals surface area contributed by atoms with E-state index >= 15 is 0 Å². The third kappa shape index (κ3) is 4.09. The standard InChI is InChI=1S/C30H22O13/c31-14-4-1-10(7-17(14)34)27-25(40)20(12-3-6-16(33)22(37)29(12)42-27)13-9-19(36)23(38)30-21(13)24(39)26(41)28(43-30)11-2-5-15(32)18(35)8-11/h1-9,20,25,27,31-38,40-41H. The molecular formula is C30H22O13. The number of ether oxygens (including phenoxy) is 1. The van der Waals surface area contributed by atoms with Crippen LogP contribution in [-0.2, 0) is 0 Å². The van der Waals surface area contributed by atoms with Crippen LogP contribution >= 0.6 is 0 Å². The fourth-order valence-electron chi connectivity index (χ4n) is 5.30. The minimum atomic E-state index is -1.65. The number of aliphatic hydroxyl groups excluding tert-OH is 1. The molecule has 4 aromatic carbocycles. The van der Waals surface area contributed by atoms with E-state index in [1.807, 2.05) is 0 Å². The Morgan fingerprint density at radius 3 is 1.93 bits per heavy atom. The van der Waals surface area contributed by atoms with E-state index in [2.05, 4.69) is 0 Å². The molecule has 3 unspecified atom stereocenters. The van der Waals surface area contributed by atoms with Crippen molar-refractivity contribution in [3.63, 3.8) is 0 Å². The molecule has 0 fully saturated rings. The highest BCUT2D eigenvalue weighted by molar-refractivity contribution is 5.92. The molecular weight excluding hydrogens is 568 g/mol. The summed E-state index contributed by atoms with van der Waals surface area (Å²) in [5.41, 5.74) is -1.85. The van der Waals surface area contributed by atoms with Gasteiger partial charge in [0.05, 0.1) is 5.39 Å². The topological polar surface area (TPSA) is 242 Å². The first kappa shape index (κ1) is 27.2. The molecule has 3 atom stereocenters. The molecule has 1 aliphatic rings. The Morgan fingerprint density at radius 1 is 0.605 bits per heavy atom. The van der Waals surface area contributed by atoms with Crippen molar-refractivity contribution in [1.29, 1.82) is 0 Å². The number of phenols is 8. The number of rotatable bonds is 3. The van der Waals surface area contributed by atoms with Crippen molar-refractivity contribution in [3.05, 3.63) is 81.5 Å². The second kappa shape index (κ2) is 9.56. The highest BCUT2D eigenvalue weighted by Gasteiger charge is 2.43. The molecule has 43 heavy (non-hydrogen) atoms. The second-order valence-electron chi connectivity index (χ2n) is 9.96. The van der Waals surface area contributed by atoms with Gasteiger partial charge in [-0.05, 0) is 53.6 Å². The normalized spacial score (nSPS) is 17.8. The van der Waals surface area contributed by atoms with Crippen LogP contribution in [-0.4, -0.2) is 57.2 Å². The SMILES string of the molecule is O=c1c(O)c(-c2ccc(O)c(O)c2)oc2c(O)c(O)cc(C3c4ccc(O)c(O)c4OC(c4ccc(O)c(O)c4)C3O)c12. The molecule has 220 valence electrons. The minimum Gasteiger partial charge on any atom is -0.504 e. The van der Waals surface area contributed by atoms with Gasteiger partial charge >= 0.3 is 0 Å². The van der Waals surface area contributed by atoms with E-state index in [9.17, 15) is 55.9 Å². The van der Waals surface area contributed by atoms with Gasteiger partial charge in [-0.2, -0.15) is 0 Å². The first-order valence-electron chi connectivity index (χ1n) is 12.6. The molecule has 2 heterocycles. The lowest BCUT2D eigenvalue weighted by Gasteiger charge is -2.38. The summed E-state index contributed by atoms with van der Waals surface area (Å²) < 4.78 is 11.5. The van der Waals surface area contributed by atoms with Crippen LogP contribution in [0.4, 0.5) is 0 Å². The number of benzene rings is 4. The van der Waals surface area contributed by atoms with Gasteiger partial charge in [-0.3, -0.25) is 4.79 Å². The van der Waals surface area contributed by atoms with Crippen molar-refractivity contribution in [3.8, 4) is 68.8 Å². The van der Waals surface area contributed by atoms with Gasteiger partial charge in [-0.1, -0.05) is 12.1 Å². The van der Waals surface area contributed by atoms with Crippen molar-refractivity contribution >= 4 is 11.0 Å². The van der Waals surface area contributed by atoms with Gasteiger partial charge in [0.25, 0.3) is 0 Å². The van der Waals surface area contributed by atoms with Crippen LogP contribution in [0, 0.1) is 0 Å². The maximum atomic E-state index is 13.7. The van der Waals surface area contributed by atoms with E-state index in [1.165, 1.54) is 18.2 Å². The number of hydrogen-bond acceptors (Lipinski definition) is 13. The van der Waals surface area contributed by atoms with Crippen LogP contribution in [0.2, 0.25) is 0 Å². The van der Waals surface area contributed by atoms with Gasteiger partial charge in [0.15, 0.2) is 57.7 Å². The molecule has 1 aromatic heterocycles. The first-order chi connectivity index (χ1) is 20.4. The summed E-state index contributed by atoms with van der Waals surface area (Å²) >= 11 is 0. The van der Waals surface area contributed by atoms with Crippen LogP contribution in [0.5, 0.6) is 57.5 Å². The predicted octanol–water partition coefficient (Wildman–Crippen LogP) is 3.44. The lowest BCUT2D eigenvalue weighted by Crippen LogP contribution is -2.35. The zero-order valence-corrected chi connectivity index (χ0v) is 21.6. The molecule has 0 radical (unpaired) electrons. The van der Waals surface area contributed by atoms with Crippen molar-refractivity contribution in [2.45, 2.75) is 18.1 Å². The maximum Gasteiger partial charge on any atom is 0.235 e. The minimum absolute atomic E-state index is 0.0277. The molecule has 0 bridgehead atoms. The fraction of sp³-hybridized carbons (Fsp3) is 0.100. The van der Waals surface area contributed by atoms with Crippen LogP contribution in [0.3, 0.4) is 0 Å². The lowest BCUT2D eigenvalue weighted by molar-refractivity contribution is 0.00669. The van der Waals surface area contributed by atoms with Crippen molar-refractivity contribution in [2.75, 3.05) is 0 Å². The van der Waals surface area contributed by atoms with Gasteiger partial charge in [0.2, 0.25) is 22.7 Å². The number of hydrogen-bond donors (Lipinski definition) is 10. The fourth-order valence-corrected chi connectivity index (χ4v) is 5.30. The van der Waals surface area contributed by atoms with Crippen molar-refractivity contribution in [2.24, 2.45) is 0 Å². The van der Waals surface area contributed by atoms with Gasteiger partial charge in [0, 0.05) is 17.0 Å².